The lowest BCUT2D eigenvalue weighted by atomic mass is 9.85. The Morgan fingerprint density at radius 1 is 1.08 bits per heavy atom. The van der Waals surface area contributed by atoms with Gasteiger partial charge in [0.05, 0.1) is 22.5 Å². The van der Waals surface area contributed by atoms with Crippen molar-refractivity contribution in [1.82, 2.24) is 0 Å². The molecule has 0 aliphatic carbocycles. The van der Waals surface area contributed by atoms with E-state index in [9.17, 15) is 4.79 Å². The first-order chi connectivity index (χ1) is 11.7. The minimum absolute atomic E-state index is 0.107. The molecule has 1 unspecified atom stereocenters. The average molecular weight is 337 g/mol. The number of nitrogens with one attached hydrogen (secondary N) is 1. The van der Waals surface area contributed by atoms with E-state index in [1.54, 1.807) is 0 Å². The third-order valence-electron chi connectivity index (χ3n) is 5.04. The first kappa shape index (κ1) is 17.3. The fraction of sp³-hybridized carbons (Fsp3) is 0.381. The van der Waals surface area contributed by atoms with Gasteiger partial charge in [0.2, 0.25) is 5.91 Å². The summed E-state index contributed by atoms with van der Waals surface area (Å²) in [6.07, 6.45) is 0. The van der Waals surface area contributed by atoms with Crippen LogP contribution in [0, 0.1) is 0 Å². The molecule has 4 heteroatoms. The van der Waals surface area contributed by atoms with Crippen LogP contribution >= 0.6 is 0 Å². The summed E-state index contributed by atoms with van der Waals surface area (Å²) < 4.78 is 0. The minimum Gasteiger partial charge on any atom is -0.397 e. The van der Waals surface area contributed by atoms with E-state index in [1.165, 1.54) is 5.56 Å². The molecule has 4 nitrogen and oxygen atoms in total. The number of rotatable bonds is 4. The summed E-state index contributed by atoms with van der Waals surface area (Å²) in [4.78, 5) is 14.7. The van der Waals surface area contributed by atoms with Crippen molar-refractivity contribution < 1.29 is 4.79 Å². The predicted octanol–water partition coefficient (Wildman–Crippen LogP) is 4.47. The van der Waals surface area contributed by atoms with E-state index in [4.69, 9.17) is 5.73 Å². The van der Waals surface area contributed by atoms with E-state index in [0.29, 0.717) is 5.69 Å². The molecule has 0 fully saturated rings. The van der Waals surface area contributed by atoms with Crippen molar-refractivity contribution in [3.05, 3.63) is 53.6 Å². The summed E-state index contributed by atoms with van der Waals surface area (Å²) in [7, 11) is 0. The van der Waals surface area contributed by atoms with E-state index >= 15 is 0 Å². The molecule has 1 aliphatic rings. The van der Waals surface area contributed by atoms with E-state index in [0.717, 1.165) is 16.9 Å². The van der Waals surface area contributed by atoms with Gasteiger partial charge in [0.15, 0.2) is 0 Å². The van der Waals surface area contributed by atoms with Gasteiger partial charge in [0.25, 0.3) is 0 Å². The highest BCUT2D eigenvalue weighted by molar-refractivity contribution is 6.09. The number of nitrogens with zero attached hydrogens (tertiary/aromatic N) is 1. The molecule has 0 saturated carbocycles. The van der Waals surface area contributed by atoms with Crippen LogP contribution in [-0.4, -0.2) is 11.9 Å². The number of hydrogen-bond donors (Lipinski definition) is 2. The first-order valence-electron chi connectivity index (χ1n) is 8.82. The number of carbonyl (C=O) groups excluding carboxylic acids is 1. The summed E-state index contributed by atoms with van der Waals surface area (Å²) >= 11 is 0. The van der Waals surface area contributed by atoms with Gasteiger partial charge in [-0.1, -0.05) is 30.3 Å². The Kier molecular flexibility index (Phi) is 4.23. The van der Waals surface area contributed by atoms with Crippen molar-refractivity contribution in [3.63, 3.8) is 0 Å². The van der Waals surface area contributed by atoms with Crippen molar-refractivity contribution in [2.45, 2.75) is 52.1 Å². The van der Waals surface area contributed by atoms with Crippen LogP contribution < -0.4 is 16.0 Å². The zero-order chi connectivity index (χ0) is 18.4. The van der Waals surface area contributed by atoms with Gasteiger partial charge in [-0.25, -0.2) is 0 Å². The maximum atomic E-state index is 12.9. The third-order valence-corrected chi connectivity index (χ3v) is 5.04. The lowest BCUT2D eigenvalue weighted by molar-refractivity contribution is -0.122. The van der Waals surface area contributed by atoms with Gasteiger partial charge in [0.1, 0.15) is 0 Å². The fourth-order valence-electron chi connectivity index (χ4n) is 3.53. The molecule has 0 radical (unpaired) electrons. The summed E-state index contributed by atoms with van der Waals surface area (Å²) in [5.41, 5.74) is 10.5. The normalized spacial score (nSPS) is 16.9. The largest absolute Gasteiger partial charge is 0.397 e. The molecule has 132 valence electrons. The Labute approximate surface area is 150 Å². The Balaban J connectivity index is 2.00. The van der Waals surface area contributed by atoms with E-state index in [-0.39, 0.29) is 18.0 Å². The van der Waals surface area contributed by atoms with Crippen LogP contribution in [-0.2, 0) is 10.2 Å². The molecular weight excluding hydrogens is 310 g/mol. The van der Waals surface area contributed by atoms with Crippen molar-refractivity contribution in [3.8, 4) is 0 Å². The third kappa shape index (κ3) is 2.86. The van der Waals surface area contributed by atoms with Gasteiger partial charge < -0.3 is 16.0 Å². The maximum Gasteiger partial charge on any atom is 0.237 e. The highest BCUT2D eigenvalue weighted by atomic mass is 16.2. The molecular formula is C21H27N3O. The van der Waals surface area contributed by atoms with E-state index in [2.05, 4.69) is 24.4 Å². The van der Waals surface area contributed by atoms with Gasteiger partial charge in [-0.15, -0.1) is 0 Å². The van der Waals surface area contributed by atoms with Gasteiger partial charge in [-0.3, -0.25) is 4.79 Å². The summed E-state index contributed by atoms with van der Waals surface area (Å²) in [6, 6.07) is 14.5. The molecule has 25 heavy (non-hydrogen) atoms. The second kappa shape index (κ2) is 6.10. The number of carbonyl (C=O) groups is 1. The SMILES string of the molecule is CC(Nc1cc2c(cc1N)C(C)(C)C(=O)N2C(C)C)c1ccccc1. The smallest absolute Gasteiger partial charge is 0.237 e. The Bertz CT molecular complexity index is 796. The van der Waals surface area contributed by atoms with E-state index < -0.39 is 5.41 Å². The monoisotopic (exact) mass is 337 g/mol. The highest BCUT2D eigenvalue weighted by Gasteiger charge is 2.45. The summed E-state index contributed by atoms with van der Waals surface area (Å²) in [5.74, 6) is 0.130. The Hall–Kier alpha value is -2.49. The second-order valence-corrected chi connectivity index (χ2v) is 7.63. The van der Waals surface area contributed by atoms with Crippen LogP contribution in [0.25, 0.3) is 0 Å². The van der Waals surface area contributed by atoms with E-state index in [1.807, 2.05) is 62.9 Å². The summed E-state index contributed by atoms with van der Waals surface area (Å²) in [5, 5.41) is 3.49. The molecule has 0 aromatic heterocycles. The number of anilines is 3. The van der Waals surface area contributed by atoms with Gasteiger partial charge in [-0.2, -0.15) is 0 Å². The second-order valence-electron chi connectivity index (χ2n) is 7.63. The topological polar surface area (TPSA) is 58.4 Å². The van der Waals surface area contributed by atoms with Crippen molar-refractivity contribution in [1.29, 1.82) is 0 Å². The number of amides is 1. The Morgan fingerprint density at radius 2 is 1.72 bits per heavy atom. The molecule has 3 N–H and O–H groups in total. The van der Waals surface area contributed by atoms with Gasteiger partial charge >= 0.3 is 0 Å². The van der Waals surface area contributed by atoms with Crippen LogP contribution in [0.1, 0.15) is 51.8 Å². The molecule has 1 amide bonds. The Morgan fingerprint density at radius 3 is 2.32 bits per heavy atom. The molecule has 0 bridgehead atoms. The lowest BCUT2D eigenvalue weighted by Gasteiger charge is -2.24. The molecule has 3 rings (SSSR count). The zero-order valence-electron chi connectivity index (χ0n) is 15.6. The molecule has 0 spiro atoms. The van der Waals surface area contributed by atoms with Crippen molar-refractivity contribution in [2.24, 2.45) is 0 Å². The standard InChI is InChI=1S/C21H27N3O/c1-13(2)24-19-12-18(23-14(3)15-9-7-6-8-10-15)17(22)11-16(19)21(4,5)20(24)25/h6-14,23H,22H2,1-5H3. The van der Waals surface area contributed by atoms with Crippen LogP contribution in [0.15, 0.2) is 42.5 Å². The molecule has 0 saturated heterocycles. The first-order valence-corrected chi connectivity index (χ1v) is 8.82. The van der Waals surface area contributed by atoms with Gasteiger partial charge in [-0.05, 0) is 57.9 Å². The predicted molar refractivity (Wildman–Crippen MR) is 105 cm³/mol. The number of hydrogen-bond acceptors (Lipinski definition) is 3. The number of nitrogen functional groups attached to an aromatic ring is 1. The highest BCUT2D eigenvalue weighted by Crippen LogP contribution is 2.46. The van der Waals surface area contributed by atoms with Crippen molar-refractivity contribution >= 4 is 23.0 Å². The number of fused-ring (bicyclic) bond motifs is 1. The van der Waals surface area contributed by atoms with Gasteiger partial charge in [0, 0.05) is 12.1 Å². The molecule has 1 aliphatic heterocycles. The number of benzene rings is 2. The fourth-order valence-corrected chi connectivity index (χ4v) is 3.53. The quantitative estimate of drug-likeness (QED) is 0.809. The molecule has 1 atom stereocenters. The molecule has 2 aromatic rings. The van der Waals surface area contributed by atoms with Crippen LogP contribution in [0.3, 0.4) is 0 Å². The van der Waals surface area contributed by atoms with Crippen molar-refractivity contribution in [2.75, 3.05) is 16.0 Å². The molecule has 2 aromatic carbocycles. The lowest BCUT2D eigenvalue weighted by Crippen LogP contribution is -2.40. The molecule has 1 heterocycles. The van der Waals surface area contributed by atoms with Crippen LogP contribution in [0.5, 0.6) is 0 Å². The minimum atomic E-state index is -0.544. The van der Waals surface area contributed by atoms with Crippen LogP contribution in [0.4, 0.5) is 17.1 Å². The average Bonchev–Trinajstić information content (AvgIpc) is 2.75. The number of nitrogens with two attached hydrogens (primary N) is 1. The zero-order valence-corrected chi connectivity index (χ0v) is 15.6. The maximum absolute atomic E-state index is 12.9. The summed E-state index contributed by atoms with van der Waals surface area (Å²) in [6.45, 7) is 10.1. The van der Waals surface area contributed by atoms with Crippen LogP contribution in [0.2, 0.25) is 0 Å².